The summed E-state index contributed by atoms with van der Waals surface area (Å²) >= 11 is 0. The molecule has 4 rings (SSSR count). The van der Waals surface area contributed by atoms with Crippen molar-refractivity contribution in [3.8, 4) is 22.8 Å². The second-order valence-electron chi connectivity index (χ2n) is 9.54. The van der Waals surface area contributed by atoms with E-state index in [-0.39, 0.29) is 27.7 Å². The third-order valence-electron chi connectivity index (χ3n) is 7.66. The van der Waals surface area contributed by atoms with Gasteiger partial charge >= 0.3 is 0 Å². The fraction of sp³-hybridized carbons (Fsp3) is 0.417. The molecule has 2 aromatic carbocycles. The summed E-state index contributed by atoms with van der Waals surface area (Å²) in [6.45, 7) is 14.8. The molecule has 0 fully saturated rings. The van der Waals surface area contributed by atoms with Crippen molar-refractivity contribution in [2.75, 3.05) is 0 Å². The fourth-order valence-electron chi connectivity index (χ4n) is 4.82. The molecule has 146 valence electrons. The van der Waals surface area contributed by atoms with Crippen LogP contribution in [0.25, 0.3) is 22.3 Å². The maximum Gasteiger partial charge on any atom is 0.147 e. The molecule has 0 saturated heterocycles. The van der Waals surface area contributed by atoms with Gasteiger partial charge in [0, 0.05) is 16.7 Å². The van der Waals surface area contributed by atoms with Gasteiger partial charge in [-0.15, -0.1) is 0 Å². The van der Waals surface area contributed by atoms with E-state index in [2.05, 4.69) is 46.5 Å². The van der Waals surface area contributed by atoms with Crippen molar-refractivity contribution in [3.63, 3.8) is 0 Å². The van der Waals surface area contributed by atoms with Crippen molar-refractivity contribution >= 4 is 11.0 Å². The van der Waals surface area contributed by atoms with Crippen LogP contribution in [-0.4, -0.2) is 20.2 Å². The van der Waals surface area contributed by atoms with Crippen LogP contribution in [0.5, 0.6) is 11.5 Å². The third kappa shape index (κ3) is 2.06. The average molecular weight is 377 g/mol. The fourth-order valence-corrected chi connectivity index (χ4v) is 4.82. The van der Waals surface area contributed by atoms with Crippen molar-refractivity contribution in [1.29, 1.82) is 0 Å². The molecule has 3 aromatic rings. The number of phenols is 2. The van der Waals surface area contributed by atoms with Gasteiger partial charge in [0.15, 0.2) is 0 Å². The van der Waals surface area contributed by atoms with Gasteiger partial charge in [-0.25, -0.2) is 9.97 Å². The Morgan fingerprint density at radius 3 is 1.68 bits per heavy atom. The molecule has 0 saturated carbocycles. The van der Waals surface area contributed by atoms with Gasteiger partial charge in [0.1, 0.15) is 22.5 Å². The highest BCUT2D eigenvalue weighted by Crippen LogP contribution is 2.66. The molecule has 2 N–H and O–H groups in total. The minimum Gasteiger partial charge on any atom is -0.505 e. The Morgan fingerprint density at radius 1 is 0.714 bits per heavy atom. The standard InChI is InChI=1S/C24H28N2O2/c1-13-17(14-11-9-8-10-12-14)26-19-18(25-13)20(27)15-16(21(19)28)23(4,5)24(6,7)22(15,2)3/h8-12,27-28H,1-7H3. The van der Waals surface area contributed by atoms with Crippen molar-refractivity contribution in [3.05, 3.63) is 47.2 Å². The third-order valence-corrected chi connectivity index (χ3v) is 7.66. The summed E-state index contributed by atoms with van der Waals surface area (Å²) in [4.78, 5) is 9.45. The van der Waals surface area contributed by atoms with E-state index >= 15 is 0 Å². The zero-order chi connectivity index (χ0) is 20.6. The minimum absolute atomic E-state index is 0.135. The Labute approximate surface area is 166 Å². The highest BCUT2D eigenvalue weighted by atomic mass is 16.3. The molecule has 1 aliphatic rings. The molecular formula is C24H28N2O2. The summed E-state index contributed by atoms with van der Waals surface area (Å²) in [6, 6.07) is 9.81. The first kappa shape index (κ1) is 18.7. The van der Waals surface area contributed by atoms with Crippen LogP contribution in [0.2, 0.25) is 0 Å². The van der Waals surface area contributed by atoms with Gasteiger partial charge < -0.3 is 10.2 Å². The molecule has 1 aromatic heterocycles. The highest BCUT2D eigenvalue weighted by molar-refractivity contribution is 5.93. The second kappa shape index (κ2) is 5.47. The molecule has 0 aliphatic heterocycles. The lowest BCUT2D eigenvalue weighted by Gasteiger charge is -2.44. The number of nitrogens with zero attached hydrogens (tertiary/aromatic N) is 2. The van der Waals surface area contributed by atoms with Crippen LogP contribution in [-0.2, 0) is 10.8 Å². The Kier molecular flexibility index (Phi) is 3.66. The Balaban J connectivity index is 2.14. The van der Waals surface area contributed by atoms with E-state index in [4.69, 9.17) is 4.98 Å². The molecule has 0 unspecified atom stereocenters. The predicted octanol–water partition coefficient (Wildman–Crippen LogP) is 5.61. The molecule has 0 radical (unpaired) electrons. The quantitative estimate of drug-likeness (QED) is 0.542. The van der Waals surface area contributed by atoms with Gasteiger partial charge in [0.2, 0.25) is 0 Å². The smallest absolute Gasteiger partial charge is 0.147 e. The van der Waals surface area contributed by atoms with Crippen LogP contribution >= 0.6 is 0 Å². The molecule has 4 nitrogen and oxygen atoms in total. The summed E-state index contributed by atoms with van der Waals surface area (Å²) < 4.78 is 0. The van der Waals surface area contributed by atoms with E-state index in [0.29, 0.717) is 11.0 Å². The number of phenolic OH excluding ortho intramolecular Hbond substituents is 2. The first-order valence-corrected chi connectivity index (χ1v) is 9.75. The second-order valence-corrected chi connectivity index (χ2v) is 9.54. The number of aromatic nitrogens is 2. The van der Waals surface area contributed by atoms with Crippen LogP contribution in [0.3, 0.4) is 0 Å². The van der Waals surface area contributed by atoms with E-state index in [0.717, 1.165) is 28.1 Å². The first-order valence-electron chi connectivity index (χ1n) is 9.75. The normalized spacial score (nSPS) is 19.0. The summed E-state index contributed by atoms with van der Waals surface area (Å²) in [5, 5.41) is 22.6. The summed E-state index contributed by atoms with van der Waals surface area (Å²) in [5.74, 6) is 0.276. The lowest BCUT2D eigenvalue weighted by molar-refractivity contribution is 0.123. The Morgan fingerprint density at radius 2 is 1.18 bits per heavy atom. The van der Waals surface area contributed by atoms with Crippen LogP contribution < -0.4 is 0 Å². The van der Waals surface area contributed by atoms with Crippen LogP contribution in [0, 0.1) is 12.3 Å². The van der Waals surface area contributed by atoms with E-state index in [1.807, 2.05) is 37.3 Å². The van der Waals surface area contributed by atoms with Crippen molar-refractivity contribution in [2.45, 2.75) is 59.3 Å². The molecule has 28 heavy (non-hydrogen) atoms. The van der Waals surface area contributed by atoms with Crippen molar-refractivity contribution in [1.82, 2.24) is 9.97 Å². The van der Waals surface area contributed by atoms with Crippen molar-refractivity contribution in [2.24, 2.45) is 5.41 Å². The van der Waals surface area contributed by atoms with E-state index in [1.54, 1.807) is 0 Å². The molecule has 0 spiro atoms. The largest absolute Gasteiger partial charge is 0.505 e. The van der Waals surface area contributed by atoms with E-state index in [1.165, 1.54) is 0 Å². The number of benzene rings is 2. The average Bonchev–Trinajstić information content (AvgIpc) is 2.74. The number of aryl methyl sites for hydroxylation is 1. The van der Waals surface area contributed by atoms with E-state index < -0.39 is 0 Å². The van der Waals surface area contributed by atoms with Gasteiger partial charge in [-0.2, -0.15) is 0 Å². The number of hydrogen-bond acceptors (Lipinski definition) is 4. The zero-order valence-electron chi connectivity index (χ0n) is 17.7. The molecule has 1 heterocycles. The van der Waals surface area contributed by atoms with Gasteiger partial charge in [-0.3, -0.25) is 0 Å². The van der Waals surface area contributed by atoms with Gasteiger partial charge in [0.05, 0.1) is 11.4 Å². The molecular weight excluding hydrogens is 348 g/mol. The van der Waals surface area contributed by atoms with E-state index in [9.17, 15) is 10.2 Å². The van der Waals surface area contributed by atoms with Gasteiger partial charge in [0.25, 0.3) is 0 Å². The van der Waals surface area contributed by atoms with Crippen LogP contribution in [0.15, 0.2) is 30.3 Å². The first-order chi connectivity index (χ1) is 12.9. The monoisotopic (exact) mass is 376 g/mol. The number of fused-ring (bicyclic) bond motifs is 2. The predicted molar refractivity (Wildman–Crippen MR) is 113 cm³/mol. The number of aromatic hydroxyl groups is 2. The molecule has 0 atom stereocenters. The maximum absolute atomic E-state index is 11.3. The maximum atomic E-state index is 11.3. The Bertz CT molecular complexity index is 1110. The molecule has 1 aliphatic carbocycles. The van der Waals surface area contributed by atoms with Gasteiger partial charge in [-0.1, -0.05) is 71.9 Å². The lowest BCUT2D eigenvalue weighted by atomic mass is 9.59. The number of rotatable bonds is 1. The van der Waals surface area contributed by atoms with Crippen molar-refractivity contribution < 1.29 is 10.2 Å². The zero-order valence-corrected chi connectivity index (χ0v) is 17.7. The molecule has 0 bridgehead atoms. The molecule has 4 heteroatoms. The molecule has 0 amide bonds. The van der Waals surface area contributed by atoms with Crippen LogP contribution in [0.1, 0.15) is 58.4 Å². The van der Waals surface area contributed by atoms with Crippen LogP contribution in [0.4, 0.5) is 0 Å². The summed E-state index contributed by atoms with van der Waals surface area (Å²) in [7, 11) is 0. The summed E-state index contributed by atoms with van der Waals surface area (Å²) in [6.07, 6.45) is 0. The SMILES string of the molecule is Cc1nc2c(O)c3c(c(O)c2nc1-c1ccccc1)C(C)(C)C(C)(C)C3(C)C. The number of hydrogen-bond donors (Lipinski definition) is 2. The minimum atomic E-state index is -0.346. The Hall–Kier alpha value is -2.62. The lowest BCUT2D eigenvalue weighted by Crippen LogP contribution is -2.42. The topological polar surface area (TPSA) is 66.2 Å². The highest BCUT2D eigenvalue weighted by Gasteiger charge is 2.59. The summed E-state index contributed by atoms with van der Waals surface area (Å²) in [5.41, 5.74) is 3.81. The van der Waals surface area contributed by atoms with Gasteiger partial charge in [-0.05, 0) is 23.2 Å².